The number of carbonyl (C=O) groups is 2. The average molecular weight is 484 g/mol. The van der Waals surface area contributed by atoms with E-state index in [1.807, 2.05) is 0 Å². The highest BCUT2D eigenvalue weighted by Crippen LogP contribution is 2.25. The van der Waals surface area contributed by atoms with Crippen LogP contribution in [0, 0.1) is 5.82 Å². The van der Waals surface area contributed by atoms with Crippen molar-refractivity contribution in [2.24, 2.45) is 0 Å². The van der Waals surface area contributed by atoms with E-state index in [1.54, 1.807) is 46.0 Å². The van der Waals surface area contributed by atoms with E-state index in [0.29, 0.717) is 52.7 Å². The normalized spacial score (nSPS) is 11.4. The summed E-state index contributed by atoms with van der Waals surface area (Å²) in [5.74, 6) is -1.67. The van der Waals surface area contributed by atoms with E-state index in [9.17, 15) is 18.8 Å². The molecule has 0 aliphatic heterocycles. The largest absolute Gasteiger partial charge is 0.456 e. The van der Waals surface area contributed by atoms with Crippen molar-refractivity contribution < 1.29 is 23.8 Å². The van der Waals surface area contributed by atoms with Gasteiger partial charge in [-0.15, -0.1) is 0 Å². The summed E-state index contributed by atoms with van der Waals surface area (Å²) < 4.78 is 19.4. The Morgan fingerprint density at radius 2 is 1.83 bits per heavy atom. The number of H-pyrrole nitrogens is 1. The molecule has 4 N–H and O–H groups in total. The number of anilines is 2. The van der Waals surface area contributed by atoms with Crippen LogP contribution in [0.25, 0.3) is 10.9 Å². The molecule has 0 saturated carbocycles. The molecule has 8 nitrogen and oxygen atoms in total. The highest BCUT2D eigenvalue weighted by molar-refractivity contribution is 6.07. The molecule has 0 aliphatic rings. The number of fused-ring (bicyclic) bond motifs is 1. The van der Waals surface area contributed by atoms with Gasteiger partial charge >= 0.3 is 5.97 Å². The number of pyridine rings is 1. The lowest BCUT2D eigenvalue weighted by molar-refractivity contribution is 0.00693. The second-order valence-electron chi connectivity index (χ2n) is 9.19. The summed E-state index contributed by atoms with van der Waals surface area (Å²) in [7, 11) is 1.60. The fourth-order valence-corrected chi connectivity index (χ4v) is 3.65. The van der Waals surface area contributed by atoms with Crippen molar-refractivity contribution in [3.63, 3.8) is 0 Å². The van der Waals surface area contributed by atoms with E-state index < -0.39 is 28.9 Å². The van der Waals surface area contributed by atoms with Crippen LogP contribution in [0.4, 0.5) is 15.8 Å². The number of esters is 1. The first-order valence-corrected chi connectivity index (χ1v) is 11.3. The molecule has 0 unspecified atom stereocenters. The molecule has 0 fully saturated rings. The first-order valence-electron chi connectivity index (χ1n) is 11.3. The van der Waals surface area contributed by atoms with Crippen molar-refractivity contribution in [1.82, 2.24) is 4.98 Å². The fourth-order valence-electron chi connectivity index (χ4n) is 3.65. The molecule has 1 heterocycles. The van der Waals surface area contributed by atoms with Crippen LogP contribution < -0.4 is 16.2 Å². The van der Waals surface area contributed by atoms with Gasteiger partial charge in [-0.3, -0.25) is 9.59 Å². The van der Waals surface area contributed by atoms with Gasteiger partial charge < -0.3 is 25.5 Å². The van der Waals surface area contributed by atoms with Gasteiger partial charge in [0.05, 0.1) is 16.8 Å². The number of carbonyl (C=O) groups excluding carboxylic acids is 2. The van der Waals surface area contributed by atoms with Gasteiger partial charge in [0.2, 0.25) is 0 Å². The van der Waals surface area contributed by atoms with Gasteiger partial charge in [-0.25, -0.2) is 9.18 Å². The first kappa shape index (κ1) is 25.9. The predicted octanol–water partition coefficient (Wildman–Crippen LogP) is 4.23. The monoisotopic (exact) mass is 483 g/mol. The lowest BCUT2D eigenvalue weighted by Crippen LogP contribution is -2.25. The second-order valence-corrected chi connectivity index (χ2v) is 9.19. The number of ether oxygens (including phenoxy) is 1. The van der Waals surface area contributed by atoms with Crippen LogP contribution in [0.1, 0.15) is 59.9 Å². The van der Waals surface area contributed by atoms with Crippen LogP contribution in [-0.4, -0.2) is 41.2 Å². The molecule has 0 spiro atoms. The lowest BCUT2D eigenvalue weighted by Gasteiger charge is -2.20. The Morgan fingerprint density at radius 3 is 2.49 bits per heavy atom. The van der Waals surface area contributed by atoms with Gasteiger partial charge in [0.15, 0.2) is 0 Å². The number of amides is 1. The molecule has 1 aromatic heterocycles. The Balaban J connectivity index is 1.95. The molecule has 2 aromatic carbocycles. The molecule has 186 valence electrons. The number of hydrogen-bond acceptors (Lipinski definition) is 6. The molecule has 0 aliphatic carbocycles. The Hall–Kier alpha value is -3.72. The minimum Gasteiger partial charge on any atom is -0.456 e. The molecule has 3 rings (SSSR count). The minimum atomic E-state index is -0.670. The van der Waals surface area contributed by atoms with Crippen LogP contribution in [0.5, 0.6) is 0 Å². The summed E-state index contributed by atoms with van der Waals surface area (Å²) in [6.07, 6.45) is 1.66. The van der Waals surface area contributed by atoms with Crippen molar-refractivity contribution >= 4 is 34.2 Å². The summed E-state index contributed by atoms with van der Waals surface area (Å²) in [6.45, 7) is 5.33. The molecular formula is C26H30FN3O5. The molecule has 0 saturated heterocycles. The van der Waals surface area contributed by atoms with E-state index in [-0.39, 0.29) is 12.2 Å². The number of hydrogen-bond donors (Lipinski definition) is 4. The average Bonchev–Trinajstić information content (AvgIpc) is 2.78. The van der Waals surface area contributed by atoms with Crippen LogP contribution in [0.2, 0.25) is 0 Å². The third kappa shape index (κ3) is 6.45. The Morgan fingerprint density at radius 1 is 1.09 bits per heavy atom. The highest BCUT2D eigenvalue weighted by atomic mass is 19.1. The van der Waals surface area contributed by atoms with E-state index in [0.717, 1.165) is 0 Å². The van der Waals surface area contributed by atoms with Crippen LogP contribution in [0.15, 0.2) is 41.2 Å². The summed E-state index contributed by atoms with van der Waals surface area (Å²) in [6, 6.07) is 8.59. The molecule has 35 heavy (non-hydrogen) atoms. The van der Waals surface area contributed by atoms with Crippen molar-refractivity contribution in [1.29, 1.82) is 0 Å². The topological polar surface area (TPSA) is 121 Å². The number of aliphatic hydroxyl groups excluding tert-OH is 1. The molecule has 0 bridgehead atoms. The summed E-state index contributed by atoms with van der Waals surface area (Å²) in [5, 5.41) is 15.1. The number of aliphatic hydroxyl groups is 1. The lowest BCUT2D eigenvalue weighted by atomic mass is 10.0. The Kier molecular flexibility index (Phi) is 7.91. The van der Waals surface area contributed by atoms with Crippen molar-refractivity contribution in [3.8, 4) is 0 Å². The van der Waals surface area contributed by atoms with E-state index >= 15 is 0 Å². The van der Waals surface area contributed by atoms with E-state index in [1.165, 1.54) is 18.2 Å². The SMILES string of the molecule is CNc1cc(F)cc2cc(C(=O)Nc3ccc(C(=O)OC(C)(C)C)cc3CCCCO)c(=O)[nH]c12. The van der Waals surface area contributed by atoms with Crippen LogP contribution >= 0.6 is 0 Å². The highest BCUT2D eigenvalue weighted by Gasteiger charge is 2.20. The van der Waals surface area contributed by atoms with Gasteiger partial charge in [0.1, 0.15) is 17.0 Å². The number of aryl methyl sites for hydroxylation is 1. The second kappa shape index (κ2) is 10.7. The predicted molar refractivity (Wildman–Crippen MR) is 134 cm³/mol. The van der Waals surface area contributed by atoms with Crippen LogP contribution in [-0.2, 0) is 11.2 Å². The third-order valence-electron chi connectivity index (χ3n) is 5.27. The minimum absolute atomic E-state index is 0.0189. The third-order valence-corrected chi connectivity index (χ3v) is 5.27. The van der Waals surface area contributed by atoms with Gasteiger partial charge in [-0.1, -0.05) is 0 Å². The Labute approximate surface area is 202 Å². The molecule has 1 amide bonds. The zero-order valence-corrected chi connectivity index (χ0v) is 20.3. The quantitative estimate of drug-likeness (QED) is 0.281. The number of rotatable bonds is 8. The molecule has 9 heteroatoms. The molecular weight excluding hydrogens is 453 g/mol. The summed E-state index contributed by atoms with van der Waals surface area (Å²) >= 11 is 0. The van der Waals surface area contributed by atoms with Crippen molar-refractivity contribution in [2.45, 2.75) is 45.6 Å². The Bertz CT molecular complexity index is 1310. The molecule has 3 aromatic rings. The van der Waals surface area contributed by atoms with Gasteiger partial charge in [0, 0.05) is 24.7 Å². The number of aromatic nitrogens is 1. The molecule has 0 radical (unpaired) electrons. The zero-order chi connectivity index (χ0) is 25.8. The van der Waals surface area contributed by atoms with Crippen molar-refractivity contribution in [3.05, 3.63) is 69.3 Å². The van der Waals surface area contributed by atoms with Crippen LogP contribution in [0.3, 0.4) is 0 Å². The van der Waals surface area contributed by atoms with E-state index in [4.69, 9.17) is 9.84 Å². The number of unbranched alkanes of at least 4 members (excludes halogenated alkanes) is 1. The number of benzene rings is 2. The van der Waals surface area contributed by atoms with Gasteiger partial charge in [-0.05, 0) is 82.0 Å². The van der Waals surface area contributed by atoms with E-state index in [2.05, 4.69) is 15.6 Å². The standard InChI is InChI=1S/C26H30FN3O5/c1-26(2,3)35-25(34)16-8-9-20(15(11-16)7-5-6-10-31)29-23(32)19-13-17-12-18(27)14-21(28-4)22(17)30-24(19)33/h8-9,11-14,28,31H,5-7,10H2,1-4H3,(H,29,32)(H,30,33). The maximum Gasteiger partial charge on any atom is 0.338 e. The number of nitrogens with one attached hydrogen (secondary N) is 3. The summed E-state index contributed by atoms with van der Waals surface area (Å²) in [5.41, 5.74) is 0.745. The zero-order valence-electron chi connectivity index (χ0n) is 20.3. The number of aromatic amines is 1. The fraction of sp³-hybridized carbons (Fsp3) is 0.346. The number of halogens is 1. The molecule has 0 atom stereocenters. The first-order chi connectivity index (χ1) is 16.5. The van der Waals surface area contributed by atoms with Gasteiger partial charge in [0.25, 0.3) is 11.5 Å². The summed E-state index contributed by atoms with van der Waals surface area (Å²) in [4.78, 5) is 40.9. The smallest absolute Gasteiger partial charge is 0.338 e. The maximum absolute atomic E-state index is 14.0. The maximum atomic E-state index is 14.0. The van der Waals surface area contributed by atoms with Gasteiger partial charge in [-0.2, -0.15) is 0 Å². The van der Waals surface area contributed by atoms with Crippen molar-refractivity contribution in [2.75, 3.05) is 24.3 Å².